The maximum Gasteiger partial charge on any atom is 0.411 e. The second kappa shape index (κ2) is 9.05. The molecule has 0 fully saturated rings. The lowest BCUT2D eigenvalue weighted by Crippen LogP contribution is -2.29. The molecule has 0 radical (unpaired) electrons. The third kappa shape index (κ3) is 7.33. The Morgan fingerprint density at radius 2 is 2.00 bits per heavy atom. The SMILES string of the molecule is Cc1nn(CC(C)C)c(C)c1CCC(=O)NCCOCC(F)(F)F. The fourth-order valence-electron chi connectivity index (χ4n) is 2.40. The first-order valence-electron chi connectivity index (χ1n) is 8.04. The second-order valence-corrected chi connectivity index (χ2v) is 6.24. The van der Waals surface area contributed by atoms with E-state index >= 15 is 0 Å². The summed E-state index contributed by atoms with van der Waals surface area (Å²) >= 11 is 0. The number of nitrogens with zero attached hydrogens (tertiary/aromatic N) is 2. The Labute approximate surface area is 140 Å². The van der Waals surface area contributed by atoms with Gasteiger partial charge in [-0.2, -0.15) is 18.3 Å². The van der Waals surface area contributed by atoms with Gasteiger partial charge in [0.05, 0.1) is 12.3 Å². The van der Waals surface area contributed by atoms with E-state index in [1.807, 2.05) is 18.5 Å². The molecular weight excluding hydrogens is 323 g/mol. The summed E-state index contributed by atoms with van der Waals surface area (Å²) < 4.78 is 42.1. The number of carbonyl (C=O) groups is 1. The third-order valence-corrected chi connectivity index (χ3v) is 3.51. The molecule has 0 unspecified atom stereocenters. The number of halogens is 3. The zero-order valence-corrected chi connectivity index (χ0v) is 14.7. The number of amides is 1. The highest BCUT2D eigenvalue weighted by Gasteiger charge is 2.27. The lowest BCUT2D eigenvalue weighted by Gasteiger charge is -2.09. The van der Waals surface area contributed by atoms with Crippen molar-refractivity contribution in [1.82, 2.24) is 15.1 Å². The molecule has 0 atom stereocenters. The zero-order chi connectivity index (χ0) is 18.3. The number of aromatic nitrogens is 2. The molecule has 24 heavy (non-hydrogen) atoms. The van der Waals surface area contributed by atoms with Crippen molar-refractivity contribution < 1.29 is 22.7 Å². The summed E-state index contributed by atoms with van der Waals surface area (Å²) in [4.78, 5) is 11.8. The Hall–Kier alpha value is -1.57. The topological polar surface area (TPSA) is 56.2 Å². The van der Waals surface area contributed by atoms with Crippen molar-refractivity contribution in [1.29, 1.82) is 0 Å². The molecule has 0 spiro atoms. The van der Waals surface area contributed by atoms with Gasteiger partial charge in [0, 0.05) is 25.2 Å². The summed E-state index contributed by atoms with van der Waals surface area (Å²) in [5.41, 5.74) is 3.02. The maximum atomic E-state index is 11.9. The lowest BCUT2D eigenvalue weighted by molar-refractivity contribution is -0.173. The van der Waals surface area contributed by atoms with Gasteiger partial charge in [0.1, 0.15) is 6.61 Å². The van der Waals surface area contributed by atoms with Crippen molar-refractivity contribution in [3.8, 4) is 0 Å². The number of hydrogen-bond donors (Lipinski definition) is 1. The van der Waals surface area contributed by atoms with Crippen molar-refractivity contribution in [3.05, 3.63) is 17.0 Å². The first-order chi connectivity index (χ1) is 11.1. The first kappa shape index (κ1) is 20.5. The third-order valence-electron chi connectivity index (χ3n) is 3.51. The Kier molecular flexibility index (Phi) is 7.72. The largest absolute Gasteiger partial charge is 0.411 e. The molecule has 0 aliphatic heterocycles. The molecule has 1 amide bonds. The van der Waals surface area contributed by atoms with Gasteiger partial charge in [0.15, 0.2) is 0 Å². The van der Waals surface area contributed by atoms with Crippen LogP contribution in [0.1, 0.15) is 37.2 Å². The highest BCUT2D eigenvalue weighted by atomic mass is 19.4. The molecule has 0 aromatic carbocycles. The second-order valence-electron chi connectivity index (χ2n) is 6.24. The number of ether oxygens (including phenoxy) is 1. The standard InChI is InChI=1S/C16H26F3N3O2/c1-11(2)9-22-13(4)14(12(3)21-22)5-6-15(23)20-7-8-24-10-16(17,18)19/h11H,5-10H2,1-4H3,(H,20,23). The summed E-state index contributed by atoms with van der Waals surface area (Å²) in [6.07, 6.45) is -3.51. The first-order valence-corrected chi connectivity index (χ1v) is 8.04. The van der Waals surface area contributed by atoms with E-state index in [4.69, 9.17) is 0 Å². The van der Waals surface area contributed by atoms with E-state index in [0.29, 0.717) is 12.3 Å². The number of rotatable bonds is 9. The van der Waals surface area contributed by atoms with E-state index < -0.39 is 12.8 Å². The Morgan fingerprint density at radius 1 is 1.33 bits per heavy atom. The summed E-state index contributed by atoms with van der Waals surface area (Å²) in [6, 6.07) is 0. The number of hydrogen-bond acceptors (Lipinski definition) is 3. The van der Waals surface area contributed by atoms with Crippen LogP contribution in [0.2, 0.25) is 0 Å². The lowest BCUT2D eigenvalue weighted by atomic mass is 10.1. The average Bonchev–Trinajstić information content (AvgIpc) is 2.69. The van der Waals surface area contributed by atoms with Crippen molar-refractivity contribution in [3.63, 3.8) is 0 Å². The monoisotopic (exact) mass is 349 g/mol. The van der Waals surface area contributed by atoms with Crippen LogP contribution >= 0.6 is 0 Å². The molecule has 1 heterocycles. The van der Waals surface area contributed by atoms with E-state index in [0.717, 1.165) is 23.5 Å². The molecule has 1 aromatic rings. The number of nitrogens with one attached hydrogen (secondary N) is 1. The summed E-state index contributed by atoms with van der Waals surface area (Å²) in [5.74, 6) is 0.275. The fourth-order valence-corrected chi connectivity index (χ4v) is 2.40. The van der Waals surface area contributed by atoms with Gasteiger partial charge in [-0.3, -0.25) is 9.48 Å². The van der Waals surface area contributed by atoms with E-state index in [2.05, 4.69) is 29.0 Å². The highest BCUT2D eigenvalue weighted by molar-refractivity contribution is 5.76. The molecular formula is C16H26F3N3O2. The molecule has 8 heteroatoms. The van der Waals surface area contributed by atoms with Crippen LogP contribution in [0.5, 0.6) is 0 Å². The molecule has 5 nitrogen and oxygen atoms in total. The van der Waals surface area contributed by atoms with E-state index in [1.165, 1.54) is 0 Å². The predicted octanol–water partition coefficient (Wildman–Crippen LogP) is 2.78. The minimum absolute atomic E-state index is 0.0689. The van der Waals surface area contributed by atoms with E-state index in [-0.39, 0.29) is 25.5 Å². The van der Waals surface area contributed by atoms with Crippen molar-refractivity contribution in [2.24, 2.45) is 5.92 Å². The van der Waals surface area contributed by atoms with Crippen LogP contribution < -0.4 is 5.32 Å². The number of carbonyl (C=O) groups excluding carboxylic acids is 1. The van der Waals surface area contributed by atoms with Crippen LogP contribution in [0.25, 0.3) is 0 Å². The minimum Gasteiger partial charge on any atom is -0.370 e. The van der Waals surface area contributed by atoms with Crippen LogP contribution in [0, 0.1) is 19.8 Å². The highest BCUT2D eigenvalue weighted by Crippen LogP contribution is 2.16. The van der Waals surface area contributed by atoms with Crippen molar-refractivity contribution in [2.75, 3.05) is 19.8 Å². The van der Waals surface area contributed by atoms with Crippen LogP contribution in [0.3, 0.4) is 0 Å². The van der Waals surface area contributed by atoms with Gasteiger partial charge in [-0.25, -0.2) is 0 Å². The van der Waals surface area contributed by atoms with E-state index in [1.54, 1.807) is 0 Å². The van der Waals surface area contributed by atoms with Gasteiger partial charge < -0.3 is 10.1 Å². The number of aryl methyl sites for hydroxylation is 1. The molecule has 0 aliphatic rings. The van der Waals surface area contributed by atoms with Gasteiger partial charge >= 0.3 is 6.18 Å². The molecule has 1 N–H and O–H groups in total. The van der Waals surface area contributed by atoms with Crippen LogP contribution in [-0.4, -0.2) is 41.6 Å². The smallest absolute Gasteiger partial charge is 0.370 e. The number of alkyl halides is 3. The molecule has 0 saturated carbocycles. The zero-order valence-electron chi connectivity index (χ0n) is 14.7. The predicted molar refractivity (Wildman–Crippen MR) is 84.7 cm³/mol. The minimum atomic E-state index is -4.34. The molecule has 1 rings (SSSR count). The molecule has 0 saturated heterocycles. The van der Waals surface area contributed by atoms with Gasteiger partial charge in [-0.15, -0.1) is 0 Å². The van der Waals surface area contributed by atoms with Gasteiger partial charge in [0.2, 0.25) is 5.91 Å². The molecule has 0 bridgehead atoms. The summed E-state index contributed by atoms with van der Waals surface area (Å²) in [7, 11) is 0. The van der Waals surface area contributed by atoms with Crippen LogP contribution in [0.15, 0.2) is 0 Å². The van der Waals surface area contributed by atoms with Crippen molar-refractivity contribution >= 4 is 5.91 Å². The molecule has 0 aliphatic carbocycles. The quantitative estimate of drug-likeness (QED) is 0.698. The molecule has 138 valence electrons. The van der Waals surface area contributed by atoms with Gasteiger partial charge in [-0.1, -0.05) is 13.8 Å². The summed E-state index contributed by atoms with van der Waals surface area (Å²) in [6.45, 7) is 7.58. The molecule has 1 aromatic heterocycles. The van der Waals surface area contributed by atoms with Gasteiger partial charge in [0.25, 0.3) is 0 Å². The summed E-state index contributed by atoms with van der Waals surface area (Å²) in [5, 5.41) is 7.05. The average molecular weight is 349 g/mol. The Balaban J connectivity index is 2.36. The van der Waals surface area contributed by atoms with Crippen LogP contribution in [-0.2, 0) is 22.5 Å². The Bertz CT molecular complexity index is 539. The van der Waals surface area contributed by atoms with Gasteiger partial charge in [-0.05, 0) is 31.7 Å². The Morgan fingerprint density at radius 3 is 2.58 bits per heavy atom. The maximum absolute atomic E-state index is 11.9. The van der Waals surface area contributed by atoms with Crippen LogP contribution in [0.4, 0.5) is 13.2 Å². The fraction of sp³-hybridized carbons (Fsp3) is 0.750. The normalized spacial score (nSPS) is 12.0. The van der Waals surface area contributed by atoms with Crippen molar-refractivity contribution in [2.45, 2.75) is 53.3 Å². The van der Waals surface area contributed by atoms with E-state index in [9.17, 15) is 18.0 Å².